The Hall–Kier alpha value is -5.43. The standard InChI is InChI=1S/C34H32O12/c35-25-5-11-29(32(37)38)24(19-25)21-44-46-28-9-3-23(4-10-28)14-16-43-18-17-42-15-13-22-1-7-27(8-2-22)45-34(41)31-20-26(36)6-12-30(31)33(39)40/h1-12,19-20,35-36H,13-18,21H2,(H,37,38)(H,39,40). The number of ether oxygens (including phenoxy) is 3. The second kappa shape index (κ2) is 16.6. The smallest absolute Gasteiger partial charge is 0.344 e. The third-order valence-corrected chi connectivity index (χ3v) is 6.64. The summed E-state index contributed by atoms with van der Waals surface area (Å²) in [5, 5.41) is 37.7. The minimum atomic E-state index is -1.30. The van der Waals surface area contributed by atoms with E-state index in [1.54, 1.807) is 36.4 Å². The largest absolute Gasteiger partial charge is 0.508 e. The van der Waals surface area contributed by atoms with E-state index in [4.69, 9.17) is 24.0 Å². The van der Waals surface area contributed by atoms with Crippen LogP contribution in [0.2, 0.25) is 0 Å². The van der Waals surface area contributed by atoms with Crippen molar-refractivity contribution in [2.24, 2.45) is 0 Å². The molecule has 0 bridgehead atoms. The molecule has 0 heterocycles. The second-order valence-corrected chi connectivity index (χ2v) is 9.93. The van der Waals surface area contributed by atoms with Crippen LogP contribution in [0.15, 0.2) is 84.9 Å². The summed E-state index contributed by atoms with van der Waals surface area (Å²) in [6.07, 6.45) is 1.29. The predicted molar refractivity (Wildman–Crippen MR) is 162 cm³/mol. The van der Waals surface area contributed by atoms with E-state index in [9.17, 15) is 34.8 Å². The highest BCUT2D eigenvalue weighted by atomic mass is 17.2. The predicted octanol–water partition coefficient (Wildman–Crippen LogP) is 5.04. The summed E-state index contributed by atoms with van der Waals surface area (Å²) in [6, 6.07) is 21.2. The molecule has 240 valence electrons. The fourth-order valence-electron chi connectivity index (χ4n) is 4.26. The number of phenols is 2. The molecular weight excluding hydrogens is 600 g/mol. The van der Waals surface area contributed by atoms with E-state index < -0.39 is 17.9 Å². The van der Waals surface area contributed by atoms with Gasteiger partial charge in [-0.25, -0.2) is 14.4 Å². The first kappa shape index (κ1) is 33.5. The lowest BCUT2D eigenvalue weighted by Crippen LogP contribution is -2.14. The number of hydrogen-bond donors (Lipinski definition) is 4. The number of carbonyl (C=O) groups excluding carboxylic acids is 1. The molecule has 0 saturated heterocycles. The van der Waals surface area contributed by atoms with Crippen molar-refractivity contribution in [3.8, 4) is 23.0 Å². The Bertz CT molecular complexity index is 1630. The van der Waals surface area contributed by atoms with Crippen LogP contribution in [-0.4, -0.2) is 64.8 Å². The van der Waals surface area contributed by atoms with E-state index in [-0.39, 0.29) is 46.1 Å². The first-order valence-corrected chi connectivity index (χ1v) is 14.2. The highest BCUT2D eigenvalue weighted by Gasteiger charge is 2.19. The van der Waals surface area contributed by atoms with Gasteiger partial charge in [-0.2, -0.15) is 4.89 Å². The van der Waals surface area contributed by atoms with Crippen molar-refractivity contribution in [1.29, 1.82) is 0 Å². The third kappa shape index (κ3) is 10.1. The van der Waals surface area contributed by atoms with Crippen LogP contribution in [0.25, 0.3) is 0 Å². The maximum absolute atomic E-state index is 12.4. The Morgan fingerprint density at radius 1 is 0.565 bits per heavy atom. The van der Waals surface area contributed by atoms with Crippen LogP contribution >= 0.6 is 0 Å². The molecule has 4 N–H and O–H groups in total. The number of carboxylic acid groups (broad SMARTS) is 2. The fraction of sp³-hybridized carbons (Fsp3) is 0.206. The first-order valence-electron chi connectivity index (χ1n) is 14.2. The first-order chi connectivity index (χ1) is 22.2. The quantitative estimate of drug-likeness (QED) is 0.0401. The maximum Gasteiger partial charge on any atom is 0.344 e. The van der Waals surface area contributed by atoms with Crippen molar-refractivity contribution in [2.75, 3.05) is 26.4 Å². The van der Waals surface area contributed by atoms with Crippen molar-refractivity contribution in [2.45, 2.75) is 19.4 Å². The lowest BCUT2D eigenvalue weighted by Gasteiger charge is -2.09. The van der Waals surface area contributed by atoms with Gasteiger partial charge in [-0.3, -0.25) is 0 Å². The number of phenolic OH excluding ortho intramolecular Hbond substituents is 2. The molecule has 0 saturated carbocycles. The van der Waals surface area contributed by atoms with Crippen molar-refractivity contribution in [3.05, 3.63) is 118 Å². The Balaban J connectivity index is 1.08. The topological polar surface area (TPSA) is 178 Å². The molecule has 46 heavy (non-hydrogen) atoms. The number of rotatable bonds is 17. The fourth-order valence-corrected chi connectivity index (χ4v) is 4.26. The minimum absolute atomic E-state index is 0.0164. The molecule has 0 fully saturated rings. The molecule has 0 unspecified atom stereocenters. The normalized spacial score (nSPS) is 10.8. The van der Waals surface area contributed by atoms with Gasteiger partial charge in [0.25, 0.3) is 0 Å². The van der Waals surface area contributed by atoms with Gasteiger partial charge < -0.3 is 39.5 Å². The number of benzene rings is 4. The molecule has 0 aliphatic rings. The number of esters is 1. The third-order valence-electron chi connectivity index (χ3n) is 6.64. The van der Waals surface area contributed by atoms with E-state index in [0.717, 1.165) is 23.3 Å². The number of carboxylic acids is 2. The molecule has 4 aromatic rings. The highest BCUT2D eigenvalue weighted by molar-refractivity contribution is 6.03. The van der Waals surface area contributed by atoms with Crippen LogP contribution < -0.4 is 9.62 Å². The molecule has 0 amide bonds. The van der Waals surface area contributed by atoms with Crippen molar-refractivity contribution in [1.82, 2.24) is 0 Å². The molecule has 0 spiro atoms. The Morgan fingerprint density at radius 3 is 1.65 bits per heavy atom. The van der Waals surface area contributed by atoms with Gasteiger partial charge in [-0.15, -0.1) is 0 Å². The van der Waals surface area contributed by atoms with Crippen LogP contribution in [-0.2, 0) is 33.8 Å². The zero-order valence-corrected chi connectivity index (χ0v) is 24.6. The van der Waals surface area contributed by atoms with Crippen molar-refractivity contribution >= 4 is 17.9 Å². The minimum Gasteiger partial charge on any atom is -0.508 e. The van der Waals surface area contributed by atoms with Gasteiger partial charge in [0.1, 0.15) is 23.9 Å². The van der Waals surface area contributed by atoms with Crippen LogP contribution in [0.5, 0.6) is 23.0 Å². The molecule has 12 heteroatoms. The van der Waals surface area contributed by atoms with Gasteiger partial charge in [0, 0.05) is 5.56 Å². The second-order valence-electron chi connectivity index (χ2n) is 9.93. The summed E-state index contributed by atoms with van der Waals surface area (Å²) in [5.41, 5.74) is 1.76. The van der Waals surface area contributed by atoms with Gasteiger partial charge in [-0.05, 0) is 84.6 Å². The number of aromatic hydroxyl groups is 2. The molecule has 0 radical (unpaired) electrons. The average molecular weight is 633 g/mol. The van der Waals surface area contributed by atoms with Crippen LogP contribution in [0.1, 0.15) is 47.8 Å². The van der Waals surface area contributed by atoms with E-state index in [1.165, 1.54) is 24.3 Å². The highest BCUT2D eigenvalue weighted by Crippen LogP contribution is 2.21. The van der Waals surface area contributed by atoms with E-state index in [1.807, 2.05) is 12.1 Å². The summed E-state index contributed by atoms with van der Waals surface area (Å²) < 4.78 is 16.5. The van der Waals surface area contributed by atoms with Crippen molar-refractivity contribution in [3.63, 3.8) is 0 Å². The summed E-state index contributed by atoms with van der Waals surface area (Å²) in [5.74, 6) is -2.96. The van der Waals surface area contributed by atoms with E-state index in [2.05, 4.69) is 0 Å². The molecule has 0 aromatic heterocycles. The zero-order valence-electron chi connectivity index (χ0n) is 24.6. The van der Waals surface area contributed by atoms with Gasteiger partial charge in [0.15, 0.2) is 5.75 Å². The van der Waals surface area contributed by atoms with Crippen LogP contribution in [0.4, 0.5) is 0 Å². The molecule has 0 aliphatic carbocycles. The zero-order chi connectivity index (χ0) is 32.9. The Morgan fingerprint density at radius 2 is 1.09 bits per heavy atom. The number of aromatic carboxylic acids is 2. The summed E-state index contributed by atoms with van der Waals surface area (Å²) in [6.45, 7) is 1.63. The van der Waals surface area contributed by atoms with Crippen molar-refractivity contribution < 1.29 is 58.8 Å². The molecule has 0 aliphatic heterocycles. The maximum atomic E-state index is 12.4. The Labute approximate surface area is 263 Å². The molecule has 4 aromatic carbocycles. The van der Waals surface area contributed by atoms with Gasteiger partial charge in [0.05, 0.1) is 43.1 Å². The monoisotopic (exact) mass is 632 g/mol. The lowest BCUT2D eigenvalue weighted by atomic mass is 10.1. The Kier molecular flexibility index (Phi) is 12.1. The average Bonchev–Trinajstić information content (AvgIpc) is 3.03. The van der Waals surface area contributed by atoms with Crippen LogP contribution in [0.3, 0.4) is 0 Å². The molecule has 12 nitrogen and oxygen atoms in total. The summed E-state index contributed by atoms with van der Waals surface area (Å²) in [7, 11) is 0. The SMILES string of the molecule is O=C(O)c1ccc(O)cc1COOc1ccc(CCOCCOCCc2ccc(OC(=O)c3cc(O)ccc3C(=O)O)cc2)cc1. The lowest BCUT2D eigenvalue weighted by molar-refractivity contribution is -0.217. The van der Waals surface area contributed by atoms with Gasteiger partial charge in [0.2, 0.25) is 0 Å². The van der Waals surface area contributed by atoms with Gasteiger partial charge in [-0.1, -0.05) is 24.3 Å². The molecular formula is C34H32O12. The molecule has 0 atom stereocenters. The van der Waals surface area contributed by atoms with E-state index in [0.29, 0.717) is 45.0 Å². The number of hydrogen-bond acceptors (Lipinski definition) is 10. The van der Waals surface area contributed by atoms with E-state index >= 15 is 0 Å². The molecule has 4 rings (SSSR count). The van der Waals surface area contributed by atoms with Gasteiger partial charge >= 0.3 is 17.9 Å². The van der Waals surface area contributed by atoms with Crippen LogP contribution in [0, 0.1) is 0 Å². The number of carbonyl (C=O) groups is 3. The summed E-state index contributed by atoms with van der Waals surface area (Å²) in [4.78, 5) is 45.5. The summed E-state index contributed by atoms with van der Waals surface area (Å²) >= 11 is 0.